The Bertz CT molecular complexity index is 2140. The van der Waals surface area contributed by atoms with Crippen LogP contribution < -0.4 is 10.4 Å². The van der Waals surface area contributed by atoms with Gasteiger partial charge in [-0.15, -0.1) is 0 Å². The molecule has 4 unspecified atom stereocenters. The van der Waals surface area contributed by atoms with Gasteiger partial charge >= 0.3 is 0 Å². The molecule has 0 radical (unpaired) electrons. The smallest absolute Gasteiger partial charge is 0.0421 e. The monoisotopic (exact) mass is 707 g/mol. The molecule has 1 aromatic rings. The van der Waals surface area contributed by atoms with Gasteiger partial charge in [-0.1, -0.05) is 145 Å². The Morgan fingerprint density at radius 2 is 1.46 bits per heavy atom. The first-order chi connectivity index (χ1) is 26.8. The number of allylic oxidation sites excluding steroid dienone is 24. The van der Waals surface area contributed by atoms with Gasteiger partial charge in [0.1, 0.15) is 0 Å². The molecular weight excluding hydrogens is 651 g/mol. The molecule has 1 aromatic carbocycles. The predicted molar refractivity (Wildman–Crippen MR) is 229 cm³/mol. The van der Waals surface area contributed by atoms with E-state index in [1.807, 2.05) is 0 Å². The highest BCUT2D eigenvalue weighted by Gasteiger charge is 2.34. The van der Waals surface area contributed by atoms with Crippen LogP contribution in [0.3, 0.4) is 0 Å². The van der Waals surface area contributed by atoms with Crippen LogP contribution in [0.2, 0.25) is 0 Å². The van der Waals surface area contributed by atoms with Crippen molar-refractivity contribution in [3.63, 3.8) is 0 Å². The molecule has 0 fully saturated rings. The molecule has 0 amide bonds. The molecule has 1 heteroatoms. The topological polar surface area (TPSA) is 3.24 Å². The van der Waals surface area contributed by atoms with E-state index in [-0.39, 0.29) is 0 Å². The fourth-order valence-electron chi connectivity index (χ4n) is 10.4. The van der Waals surface area contributed by atoms with E-state index >= 15 is 0 Å². The Balaban J connectivity index is 1.07. The Morgan fingerprint density at radius 3 is 2.20 bits per heavy atom. The normalized spacial score (nSPS) is 28.1. The Morgan fingerprint density at radius 1 is 0.611 bits per heavy atom. The predicted octanol–water partition coefficient (Wildman–Crippen LogP) is 12.3. The van der Waals surface area contributed by atoms with E-state index in [1.54, 1.807) is 11.1 Å². The quantitative estimate of drug-likeness (QED) is 0.260. The minimum Gasteiger partial charge on any atom is -0.315 e. The van der Waals surface area contributed by atoms with Crippen LogP contribution in [0.25, 0.3) is 11.6 Å². The lowest BCUT2D eigenvalue weighted by Gasteiger charge is -2.40. The van der Waals surface area contributed by atoms with E-state index < -0.39 is 0 Å². The zero-order valence-electron chi connectivity index (χ0n) is 32.1. The molecule has 9 rings (SSSR count). The minimum atomic E-state index is 0.395. The number of hydrogen-bond acceptors (Lipinski definition) is 1. The molecule has 8 aliphatic rings. The van der Waals surface area contributed by atoms with Crippen LogP contribution in [0, 0.1) is 29.6 Å². The molecule has 0 heterocycles. The van der Waals surface area contributed by atoms with Crippen LogP contribution >= 0.6 is 0 Å². The average molecular weight is 708 g/mol. The maximum absolute atomic E-state index is 2.69. The second kappa shape index (κ2) is 16.4. The van der Waals surface area contributed by atoms with Gasteiger partial charge in [0.2, 0.25) is 0 Å². The summed E-state index contributed by atoms with van der Waals surface area (Å²) in [5.74, 6) is 2.60. The largest absolute Gasteiger partial charge is 0.315 e. The molecule has 1 nitrogen and oxygen atoms in total. The molecular formula is C53H57N. The summed E-state index contributed by atoms with van der Waals surface area (Å²) in [5, 5.41) is 2.94. The lowest BCUT2D eigenvalue weighted by atomic mass is 9.70. The summed E-state index contributed by atoms with van der Waals surface area (Å²) in [5.41, 5.74) is 11.9. The number of nitrogens with zero attached hydrogens (tertiary/aromatic N) is 1. The van der Waals surface area contributed by atoms with Crippen LogP contribution in [0.5, 0.6) is 0 Å². The zero-order chi connectivity index (χ0) is 36.1. The van der Waals surface area contributed by atoms with Crippen molar-refractivity contribution in [1.29, 1.82) is 0 Å². The first-order valence-corrected chi connectivity index (χ1v) is 21.3. The minimum absolute atomic E-state index is 0.395. The summed E-state index contributed by atoms with van der Waals surface area (Å²) < 4.78 is 0. The number of rotatable bonds is 8. The van der Waals surface area contributed by atoms with Gasteiger partial charge in [-0.25, -0.2) is 0 Å². The summed E-state index contributed by atoms with van der Waals surface area (Å²) in [6, 6.07) is 9.10. The third-order valence-electron chi connectivity index (χ3n) is 13.3. The fourth-order valence-corrected chi connectivity index (χ4v) is 10.4. The molecule has 0 spiro atoms. The first-order valence-electron chi connectivity index (χ1n) is 21.3. The molecule has 0 N–H and O–H groups in total. The van der Waals surface area contributed by atoms with E-state index in [9.17, 15) is 0 Å². The standard InChI is InChI=1S/C53H57N/c1-2-6-19-43(18-5-1)52-37-36-49(38-53(52)46-26-24-41(25-27-46)39-14-7-3-8-15-39)54(47-32-28-42(29-33-47)40-16-9-4-10-17-40)48-34-30-45(31-35-48)51-23-13-21-44-20-11-12-22-50(44)51/h1-2,5-7,9,11-12,14-17,20-22,24,26,28,32-34,36-38,42-43,45,52-53H,3-4,8,10,13,18-19,23,25,27,29-31,35H2. The fraction of sp³-hybridized carbons (Fsp3) is 0.358. The van der Waals surface area contributed by atoms with E-state index in [1.165, 1.54) is 89.2 Å². The molecule has 0 aromatic heterocycles. The maximum Gasteiger partial charge on any atom is 0.0421 e. The first kappa shape index (κ1) is 35.1. The molecule has 4 atom stereocenters. The zero-order valence-corrected chi connectivity index (χ0v) is 32.1. The molecule has 8 aliphatic carbocycles. The van der Waals surface area contributed by atoms with Gasteiger partial charge < -0.3 is 4.90 Å². The molecule has 0 bridgehead atoms. The van der Waals surface area contributed by atoms with Crippen molar-refractivity contribution >= 4 is 11.6 Å². The second-order valence-corrected chi connectivity index (χ2v) is 16.6. The van der Waals surface area contributed by atoms with Crippen LogP contribution in [-0.2, 0) is 0 Å². The number of benzene rings is 1. The van der Waals surface area contributed by atoms with Gasteiger partial charge in [0.15, 0.2) is 0 Å². The van der Waals surface area contributed by atoms with Crippen molar-refractivity contribution in [1.82, 2.24) is 4.90 Å². The van der Waals surface area contributed by atoms with E-state index in [0.717, 1.165) is 44.9 Å². The summed E-state index contributed by atoms with van der Waals surface area (Å²) in [6.45, 7) is 0. The molecule has 274 valence electrons. The van der Waals surface area contributed by atoms with Crippen LogP contribution in [0.1, 0.15) is 89.9 Å². The molecule has 0 saturated carbocycles. The van der Waals surface area contributed by atoms with Crippen LogP contribution in [0.4, 0.5) is 0 Å². The number of hydrogen-bond donors (Lipinski definition) is 0. The molecule has 0 aliphatic heterocycles. The van der Waals surface area contributed by atoms with Crippen molar-refractivity contribution < 1.29 is 0 Å². The lowest BCUT2D eigenvalue weighted by Crippen LogP contribution is -2.33. The highest BCUT2D eigenvalue weighted by Crippen LogP contribution is 2.45. The SMILES string of the molecule is C1=CCC(C2C=CC(N(C3=CCC(C4=CCCC=C4)C=C3)C3=CCC(C4=c5ccccc5=CCC4)CC3)=CC2C2=CC=C(C3=CCCC=C3)CC2)CC=C1. The summed E-state index contributed by atoms with van der Waals surface area (Å²) in [7, 11) is 0. The van der Waals surface area contributed by atoms with Gasteiger partial charge in [-0.05, 0) is 147 Å². The summed E-state index contributed by atoms with van der Waals surface area (Å²) in [4.78, 5) is 2.68. The molecule has 54 heavy (non-hydrogen) atoms. The van der Waals surface area contributed by atoms with Crippen molar-refractivity contribution in [2.75, 3.05) is 0 Å². The lowest BCUT2D eigenvalue weighted by molar-refractivity contribution is 0.335. The van der Waals surface area contributed by atoms with Gasteiger partial charge in [0.05, 0.1) is 0 Å². The third kappa shape index (κ3) is 7.52. The highest BCUT2D eigenvalue weighted by atomic mass is 15.2. The third-order valence-corrected chi connectivity index (χ3v) is 13.3. The van der Waals surface area contributed by atoms with E-state index in [4.69, 9.17) is 0 Å². The van der Waals surface area contributed by atoms with Gasteiger partial charge in [-0.3, -0.25) is 0 Å². The van der Waals surface area contributed by atoms with Crippen molar-refractivity contribution in [3.05, 3.63) is 190 Å². The maximum atomic E-state index is 2.69. The number of fused-ring (bicyclic) bond motifs is 1. The Hall–Kier alpha value is -4.62. The van der Waals surface area contributed by atoms with Gasteiger partial charge in [0, 0.05) is 28.9 Å². The van der Waals surface area contributed by atoms with E-state index in [0.29, 0.717) is 29.6 Å². The van der Waals surface area contributed by atoms with Crippen molar-refractivity contribution in [2.24, 2.45) is 29.6 Å². The second-order valence-electron chi connectivity index (χ2n) is 16.6. The van der Waals surface area contributed by atoms with Crippen LogP contribution in [0.15, 0.2) is 179 Å². The van der Waals surface area contributed by atoms with Crippen molar-refractivity contribution in [3.8, 4) is 0 Å². The van der Waals surface area contributed by atoms with Crippen LogP contribution in [-0.4, -0.2) is 4.90 Å². The molecule has 0 saturated heterocycles. The van der Waals surface area contributed by atoms with E-state index in [2.05, 4.69) is 151 Å². The highest BCUT2D eigenvalue weighted by molar-refractivity contribution is 5.55. The average Bonchev–Trinajstić information content (AvgIpc) is 3.55. The van der Waals surface area contributed by atoms with Gasteiger partial charge in [-0.2, -0.15) is 0 Å². The van der Waals surface area contributed by atoms with Crippen molar-refractivity contribution in [2.45, 2.75) is 89.9 Å². The Labute approximate surface area is 324 Å². The summed E-state index contributed by atoms with van der Waals surface area (Å²) in [6.07, 6.45) is 65.1. The Kier molecular flexibility index (Phi) is 10.7. The van der Waals surface area contributed by atoms with Gasteiger partial charge in [0.25, 0.3) is 0 Å². The summed E-state index contributed by atoms with van der Waals surface area (Å²) >= 11 is 0.